The number of aliphatic hydroxyl groups excluding tert-OH is 2. The number of halogens is 2. The highest BCUT2D eigenvalue weighted by Crippen LogP contribution is 2.59. The van der Waals surface area contributed by atoms with E-state index in [1.807, 2.05) is 0 Å². The van der Waals surface area contributed by atoms with Crippen LogP contribution in [-0.4, -0.2) is 53.4 Å². The fourth-order valence-electron chi connectivity index (χ4n) is 7.85. The van der Waals surface area contributed by atoms with Crippen LogP contribution in [0.1, 0.15) is 78.1 Å². The van der Waals surface area contributed by atoms with Gasteiger partial charge in [-0.1, -0.05) is 43.7 Å². The van der Waals surface area contributed by atoms with Crippen molar-refractivity contribution < 1.29 is 19.0 Å². The molecule has 7 atom stereocenters. The minimum Gasteiger partial charge on any atom is -0.388 e. The van der Waals surface area contributed by atoms with E-state index >= 15 is 0 Å². The van der Waals surface area contributed by atoms with Gasteiger partial charge in [-0.05, 0) is 99.0 Å². The molecule has 0 aromatic carbocycles. The Kier molecular flexibility index (Phi) is 8.36. The van der Waals surface area contributed by atoms with E-state index in [2.05, 4.69) is 37.5 Å². The number of hydrogen-bond acceptors (Lipinski definition) is 3. The molecule has 1 heterocycles. The molecule has 0 spiro atoms. The van der Waals surface area contributed by atoms with Crippen LogP contribution in [0.2, 0.25) is 0 Å². The number of rotatable bonds is 7. The molecule has 0 aromatic heterocycles. The molecule has 4 aliphatic rings. The number of nitrogens with zero attached hydrogens (tertiary/aromatic N) is 1. The van der Waals surface area contributed by atoms with E-state index in [0.717, 1.165) is 38.0 Å². The van der Waals surface area contributed by atoms with E-state index in [4.69, 9.17) is 0 Å². The van der Waals surface area contributed by atoms with Gasteiger partial charge in [0.25, 0.3) is 0 Å². The predicted molar refractivity (Wildman–Crippen MR) is 134 cm³/mol. The maximum absolute atomic E-state index is 12.6. The third-order valence-electron chi connectivity index (χ3n) is 9.73. The van der Waals surface area contributed by atoms with Gasteiger partial charge >= 0.3 is 0 Å². The Labute approximate surface area is 205 Å². The molecule has 192 valence electrons. The molecule has 0 radical (unpaired) electrons. The summed E-state index contributed by atoms with van der Waals surface area (Å²) in [6.45, 7) is 11.9. The van der Waals surface area contributed by atoms with Crippen LogP contribution in [0, 0.1) is 29.1 Å². The first-order valence-corrected chi connectivity index (χ1v) is 13.6. The average Bonchev–Trinajstić information content (AvgIpc) is 3.38. The van der Waals surface area contributed by atoms with E-state index < -0.39 is 18.6 Å². The predicted octanol–water partition coefficient (Wildman–Crippen LogP) is 6.13. The van der Waals surface area contributed by atoms with Crippen molar-refractivity contribution in [2.75, 3.05) is 19.6 Å². The summed E-state index contributed by atoms with van der Waals surface area (Å²) in [7, 11) is 0. The molecule has 1 saturated heterocycles. The Morgan fingerprint density at radius 1 is 1.15 bits per heavy atom. The minimum absolute atomic E-state index is 0.0500. The molecular formula is C29H45F2NO2. The molecular weight excluding hydrogens is 432 g/mol. The molecule has 0 bridgehead atoms. The standard InChI is InChI=1S/C29H45F2NO2/c1-19(17-32-14-12-21(18-32)7-11-28(30)31)24-9-10-25-23(5-4-13-29(24,25)3)8-6-22-15-26(33)20(2)27(34)16-22/h6,8,19,21,24-28,33-34H,2,4-5,7,9-18H2,1,3H3/b23-8+/t19?,21-,24+,25-,26+,27+,29+/m0/s1. The lowest BCUT2D eigenvalue weighted by Crippen LogP contribution is -2.39. The van der Waals surface area contributed by atoms with Gasteiger partial charge in [0.2, 0.25) is 6.43 Å². The maximum atomic E-state index is 12.6. The fraction of sp³-hybridized carbons (Fsp3) is 0.793. The monoisotopic (exact) mass is 477 g/mol. The zero-order chi connectivity index (χ0) is 24.5. The zero-order valence-electron chi connectivity index (χ0n) is 21.2. The summed E-state index contributed by atoms with van der Waals surface area (Å²) in [5.41, 5.74) is 3.54. The highest BCUT2D eigenvalue weighted by molar-refractivity contribution is 5.29. The van der Waals surface area contributed by atoms with Crippen molar-refractivity contribution >= 4 is 0 Å². The second-order valence-corrected chi connectivity index (χ2v) is 12.0. The fourth-order valence-corrected chi connectivity index (χ4v) is 7.85. The number of likely N-dealkylation sites (tertiary alicyclic amines) is 1. The molecule has 3 saturated carbocycles. The summed E-state index contributed by atoms with van der Waals surface area (Å²) >= 11 is 0. The number of alkyl halides is 2. The first-order valence-electron chi connectivity index (χ1n) is 13.6. The highest BCUT2D eigenvalue weighted by atomic mass is 19.3. The summed E-state index contributed by atoms with van der Waals surface area (Å²) in [6.07, 6.45) is 10.2. The van der Waals surface area contributed by atoms with Gasteiger partial charge < -0.3 is 15.1 Å². The summed E-state index contributed by atoms with van der Waals surface area (Å²) in [5.74, 6) is 2.39. The molecule has 0 aromatic rings. The molecule has 3 nitrogen and oxygen atoms in total. The Hall–Kier alpha value is -1.04. The lowest BCUT2D eigenvalue weighted by atomic mass is 9.61. The molecule has 4 fully saturated rings. The van der Waals surface area contributed by atoms with Crippen LogP contribution >= 0.6 is 0 Å². The topological polar surface area (TPSA) is 43.7 Å². The van der Waals surface area contributed by atoms with Crippen LogP contribution < -0.4 is 0 Å². The van der Waals surface area contributed by atoms with Crippen LogP contribution in [-0.2, 0) is 0 Å². The Morgan fingerprint density at radius 2 is 1.88 bits per heavy atom. The SMILES string of the molecule is C=C1[C@H](O)CC(=C/C=C2\CCC[C@]3(C)[C@@H](C(C)CN4CC[C@H](CCC(F)F)C4)CC[C@@H]23)C[C@H]1O. The van der Waals surface area contributed by atoms with Crippen LogP contribution in [0.4, 0.5) is 8.78 Å². The lowest BCUT2D eigenvalue weighted by molar-refractivity contribution is 0.0811. The van der Waals surface area contributed by atoms with Crippen molar-refractivity contribution in [1.29, 1.82) is 0 Å². The van der Waals surface area contributed by atoms with E-state index in [9.17, 15) is 19.0 Å². The third-order valence-corrected chi connectivity index (χ3v) is 9.73. The lowest BCUT2D eigenvalue weighted by Gasteiger charge is -2.45. The van der Waals surface area contributed by atoms with Crippen molar-refractivity contribution in [2.45, 2.75) is 96.7 Å². The number of allylic oxidation sites excluding steroid dienone is 3. The Balaban J connectivity index is 1.37. The molecule has 4 rings (SSSR count). The van der Waals surface area contributed by atoms with Crippen LogP contribution in [0.15, 0.2) is 35.5 Å². The van der Waals surface area contributed by atoms with E-state index in [0.29, 0.717) is 53.9 Å². The first kappa shape index (κ1) is 26.0. The number of fused-ring (bicyclic) bond motifs is 1. The van der Waals surface area contributed by atoms with Crippen LogP contribution in [0.5, 0.6) is 0 Å². The summed E-state index contributed by atoms with van der Waals surface area (Å²) < 4.78 is 25.2. The molecule has 0 amide bonds. The van der Waals surface area contributed by atoms with E-state index in [1.54, 1.807) is 5.57 Å². The zero-order valence-corrected chi connectivity index (χ0v) is 21.2. The quantitative estimate of drug-likeness (QED) is 0.434. The summed E-state index contributed by atoms with van der Waals surface area (Å²) in [6, 6.07) is 0. The van der Waals surface area contributed by atoms with Crippen LogP contribution in [0.3, 0.4) is 0 Å². The molecule has 1 unspecified atom stereocenters. The van der Waals surface area contributed by atoms with Gasteiger partial charge in [-0.3, -0.25) is 0 Å². The van der Waals surface area contributed by atoms with Gasteiger partial charge in [0.05, 0.1) is 12.2 Å². The van der Waals surface area contributed by atoms with Gasteiger partial charge in [0.1, 0.15) is 0 Å². The van der Waals surface area contributed by atoms with Gasteiger partial charge in [-0.2, -0.15) is 0 Å². The van der Waals surface area contributed by atoms with Crippen molar-refractivity contribution in [1.82, 2.24) is 4.90 Å². The third kappa shape index (κ3) is 5.68. The molecule has 34 heavy (non-hydrogen) atoms. The van der Waals surface area contributed by atoms with E-state index in [-0.39, 0.29) is 6.42 Å². The van der Waals surface area contributed by atoms with E-state index in [1.165, 1.54) is 25.7 Å². The smallest absolute Gasteiger partial charge is 0.238 e. The minimum atomic E-state index is -2.17. The van der Waals surface area contributed by atoms with Crippen LogP contribution in [0.25, 0.3) is 0 Å². The van der Waals surface area contributed by atoms with Crippen molar-refractivity contribution in [3.63, 3.8) is 0 Å². The maximum Gasteiger partial charge on any atom is 0.238 e. The molecule has 2 N–H and O–H groups in total. The highest BCUT2D eigenvalue weighted by Gasteiger charge is 2.50. The van der Waals surface area contributed by atoms with Gasteiger partial charge in [0, 0.05) is 19.5 Å². The Morgan fingerprint density at radius 3 is 2.59 bits per heavy atom. The Bertz CT molecular complexity index is 777. The van der Waals surface area contributed by atoms with Crippen molar-refractivity contribution in [3.8, 4) is 0 Å². The van der Waals surface area contributed by atoms with Gasteiger partial charge in [0.15, 0.2) is 0 Å². The van der Waals surface area contributed by atoms with Crippen molar-refractivity contribution in [3.05, 3.63) is 35.5 Å². The molecule has 5 heteroatoms. The second kappa shape index (κ2) is 10.9. The van der Waals surface area contributed by atoms with Crippen molar-refractivity contribution in [2.24, 2.45) is 29.1 Å². The average molecular weight is 478 g/mol. The van der Waals surface area contributed by atoms with Gasteiger partial charge in [-0.25, -0.2) is 8.78 Å². The number of hydrogen-bond donors (Lipinski definition) is 2. The number of aliphatic hydroxyl groups is 2. The largest absolute Gasteiger partial charge is 0.388 e. The first-order chi connectivity index (χ1) is 16.2. The summed E-state index contributed by atoms with van der Waals surface area (Å²) in [5, 5.41) is 20.3. The second-order valence-electron chi connectivity index (χ2n) is 12.0. The normalized spacial score (nSPS) is 39.1. The molecule has 3 aliphatic carbocycles. The van der Waals surface area contributed by atoms with Gasteiger partial charge in [-0.15, -0.1) is 0 Å². The summed E-state index contributed by atoms with van der Waals surface area (Å²) in [4.78, 5) is 2.54. The molecule has 1 aliphatic heterocycles.